The largest absolute Gasteiger partial charge is 0.481 e. The second kappa shape index (κ2) is 9.96. The summed E-state index contributed by atoms with van der Waals surface area (Å²) in [4.78, 5) is 25.0. The molecule has 0 radical (unpaired) electrons. The van der Waals surface area contributed by atoms with E-state index in [0.717, 1.165) is 18.8 Å². The van der Waals surface area contributed by atoms with Gasteiger partial charge in [-0.1, -0.05) is 12.1 Å². The highest BCUT2D eigenvalue weighted by atomic mass is 16.5. The SMILES string of the molecule is CCN(CC)c1ccc(C(=O)N/N=C/c2ccccc2OCC(=O)O)cc1. The predicted molar refractivity (Wildman–Crippen MR) is 105 cm³/mol. The Morgan fingerprint density at radius 3 is 2.41 bits per heavy atom. The number of rotatable bonds is 9. The predicted octanol–water partition coefficient (Wildman–Crippen LogP) is 2.76. The minimum Gasteiger partial charge on any atom is -0.481 e. The van der Waals surface area contributed by atoms with Crippen LogP contribution in [0.3, 0.4) is 0 Å². The van der Waals surface area contributed by atoms with Crippen molar-refractivity contribution in [1.82, 2.24) is 5.43 Å². The fourth-order valence-electron chi connectivity index (χ4n) is 2.50. The Hall–Kier alpha value is -3.35. The molecule has 142 valence electrons. The van der Waals surface area contributed by atoms with E-state index in [9.17, 15) is 9.59 Å². The van der Waals surface area contributed by atoms with Crippen molar-refractivity contribution < 1.29 is 19.4 Å². The first kappa shape index (κ1) is 20.0. The molecule has 0 heterocycles. The van der Waals surface area contributed by atoms with Crippen molar-refractivity contribution in [3.05, 3.63) is 59.7 Å². The van der Waals surface area contributed by atoms with Crippen LogP contribution in [0.15, 0.2) is 53.6 Å². The summed E-state index contributed by atoms with van der Waals surface area (Å²) in [6.45, 7) is 5.51. The molecule has 0 aromatic heterocycles. The molecule has 0 saturated heterocycles. The van der Waals surface area contributed by atoms with Crippen molar-refractivity contribution in [2.45, 2.75) is 13.8 Å². The van der Waals surface area contributed by atoms with E-state index in [1.807, 2.05) is 12.1 Å². The van der Waals surface area contributed by atoms with E-state index in [4.69, 9.17) is 9.84 Å². The number of aliphatic carboxylic acids is 1. The number of carboxylic acids is 1. The molecule has 7 heteroatoms. The number of anilines is 1. The maximum absolute atomic E-state index is 12.2. The lowest BCUT2D eigenvalue weighted by atomic mass is 10.2. The van der Waals surface area contributed by atoms with Crippen LogP contribution < -0.4 is 15.1 Å². The topological polar surface area (TPSA) is 91.2 Å². The third kappa shape index (κ3) is 5.85. The van der Waals surface area contributed by atoms with Gasteiger partial charge < -0.3 is 14.7 Å². The number of hydrazone groups is 1. The van der Waals surface area contributed by atoms with Crippen LogP contribution in [-0.4, -0.2) is 42.9 Å². The smallest absolute Gasteiger partial charge is 0.341 e. The number of amides is 1. The lowest BCUT2D eigenvalue weighted by Crippen LogP contribution is -2.22. The van der Waals surface area contributed by atoms with Gasteiger partial charge in [0.15, 0.2) is 6.61 Å². The number of carbonyl (C=O) groups is 2. The second-order valence-electron chi connectivity index (χ2n) is 5.64. The number of para-hydroxylation sites is 1. The van der Waals surface area contributed by atoms with Crippen LogP contribution in [0.2, 0.25) is 0 Å². The first-order valence-corrected chi connectivity index (χ1v) is 8.67. The van der Waals surface area contributed by atoms with Gasteiger partial charge in [-0.05, 0) is 50.2 Å². The molecule has 0 bridgehead atoms. The van der Waals surface area contributed by atoms with Gasteiger partial charge in [0.05, 0.1) is 6.21 Å². The Morgan fingerprint density at radius 2 is 1.78 bits per heavy atom. The summed E-state index contributed by atoms with van der Waals surface area (Å²) in [5.41, 5.74) is 4.59. The molecule has 7 nitrogen and oxygen atoms in total. The molecular weight excluding hydrogens is 346 g/mol. The van der Waals surface area contributed by atoms with Crippen molar-refractivity contribution in [2.75, 3.05) is 24.6 Å². The van der Waals surface area contributed by atoms with Gasteiger partial charge in [0.2, 0.25) is 0 Å². The molecule has 0 atom stereocenters. The van der Waals surface area contributed by atoms with E-state index in [1.165, 1.54) is 6.21 Å². The molecule has 0 unspecified atom stereocenters. The molecule has 2 aromatic rings. The Labute approximate surface area is 158 Å². The fourth-order valence-corrected chi connectivity index (χ4v) is 2.50. The van der Waals surface area contributed by atoms with Crippen LogP contribution in [-0.2, 0) is 4.79 Å². The number of hydrogen-bond acceptors (Lipinski definition) is 5. The van der Waals surface area contributed by atoms with Crippen molar-refractivity contribution in [1.29, 1.82) is 0 Å². The molecular formula is C20H23N3O4. The van der Waals surface area contributed by atoms with Gasteiger partial charge in [-0.3, -0.25) is 4.79 Å². The van der Waals surface area contributed by atoms with Gasteiger partial charge in [0.1, 0.15) is 5.75 Å². The normalized spacial score (nSPS) is 10.6. The molecule has 2 rings (SSSR count). The fraction of sp³-hybridized carbons (Fsp3) is 0.250. The monoisotopic (exact) mass is 369 g/mol. The minimum absolute atomic E-state index is 0.332. The lowest BCUT2D eigenvalue weighted by molar-refractivity contribution is -0.139. The number of ether oxygens (including phenoxy) is 1. The molecule has 0 aliphatic heterocycles. The molecule has 2 N–H and O–H groups in total. The zero-order chi connectivity index (χ0) is 19.6. The van der Waals surface area contributed by atoms with Crippen molar-refractivity contribution >= 4 is 23.8 Å². The van der Waals surface area contributed by atoms with Crippen LogP contribution in [0.1, 0.15) is 29.8 Å². The Balaban J connectivity index is 2.00. The second-order valence-corrected chi connectivity index (χ2v) is 5.64. The minimum atomic E-state index is -1.07. The maximum atomic E-state index is 12.2. The summed E-state index contributed by atoms with van der Waals surface area (Å²) < 4.78 is 5.19. The summed E-state index contributed by atoms with van der Waals surface area (Å²) in [6.07, 6.45) is 1.42. The summed E-state index contributed by atoms with van der Waals surface area (Å²) in [6, 6.07) is 14.2. The number of carbonyl (C=O) groups excluding carboxylic acids is 1. The van der Waals surface area contributed by atoms with Crippen LogP contribution >= 0.6 is 0 Å². The summed E-state index contributed by atoms with van der Waals surface area (Å²) in [7, 11) is 0. The van der Waals surface area contributed by atoms with Gasteiger partial charge in [0.25, 0.3) is 5.91 Å². The molecule has 0 aliphatic carbocycles. The first-order chi connectivity index (χ1) is 13.0. The summed E-state index contributed by atoms with van der Waals surface area (Å²) in [5.74, 6) is -1.02. The molecule has 0 aliphatic rings. The average Bonchev–Trinajstić information content (AvgIpc) is 2.68. The highest BCUT2D eigenvalue weighted by Gasteiger charge is 2.07. The molecule has 0 fully saturated rings. The van der Waals surface area contributed by atoms with Gasteiger partial charge in [0, 0.05) is 29.9 Å². The molecule has 0 saturated carbocycles. The quantitative estimate of drug-likeness (QED) is 0.524. The van der Waals surface area contributed by atoms with Crippen molar-refractivity contribution in [3.63, 3.8) is 0 Å². The number of nitrogens with one attached hydrogen (secondary N) is 1. The Morgan fingerprint density at radius 1 is 1.11 bits per heavy atom. The molecule has 27 heavy (non-hydrogen) atoms. The zero-order valence-electron chi connectivity index (χ0n) is 15.4. The van der Waals surface area contributed by atoms with Crippen LogP contribution in [0.25, 0.3) is 0 Å². The van der Waals surface area contributed by atoms with Gasteiger partial charge in [-0.25, -0.2) is 10.2 Å². The van der Waals surface area contributed by atoms with Crippen LogP contribution in [0.5, 0.6) is 5.75 Å². The van der Waals surface area contributed by atoms with E-state index in [2.05, 4.69) is 29.3 Å². The van der Waals surface area contributed by atoms with E-state index in [0.29, 0.717) is 16.9 Å². The third-order valence-corrected chi connectivity index (χ3v) is 3.90. The zero-order valence-corrected chi connectivity index (χ0v) is 15.4. The van der Waals surface area contributed by atoms with Crippen LogP contribution in [0.4, 0.5) is 5.69 Å². The van der Waals surface area contributed by atoms with Crippen molar-refractivity contribution in [2.24, 2.45) is 5.10 Å². The summed E-state index contributed by atoms with van der Waals surface area (Å²) in [5, 5.41) is 12.6. The average molecular weight is 369 g/mol. The lowest BCUT2D eigenvalue weighted by Gasteiger charge is -2.20. The van der Waals surface area contributed by atoms with E-state index < -0.39 is 12.6 Å². The van der Waals surface area contributed by atoms with Gasteiger partial charge >= 0.3 is 5.97 Å². The number of hydrogen-bond donors (Lipinski definition) is 2. The highest BCUT2D eigenvalue weighted by Crippen LogP contribution is 2.16. The van der Waals surface area contributed by atoms with Crippen LogP contribution in [0, 0.1) is 0 Å². The number of carboxylic acid groups (broad SMARTS) is 1. The molecule has 0 spiro atoms. The standard InChI is InChI=1S/C20H23N3O4/c1-3-23(4-2)17-11-9-15(10-12-17)20(26)22-21-13-16-7-5-6-8-18(16)27-14-19(24)25/h5-13H,3-4,14H2,1-2H3,(H,22,26)(H,24,25)/b21-13+. The first-order valence-electron chi connectivity index (χ1n) is 8.67. The van der Waals surface area contributed by atoms with E-state index >= 15 is 0 Å². The Kier molecular flexibility index (Phi) is 7.37. The number of nitrogens with zero attached hydrogens (tertiary/aromatic N) is 2. The molecule has 2 aromatic carbocycles. The summed E-state index contributed by atoms with van der Waals surface area (Å²) >= 11 is 0. The van der Waals surface area contributed by atoms with Gasteiger partial charge in [-0.15, -0.1) is 0 Å². The highest BCUT2D eigenvalue weighted by molar-refractivity contribution is 5.95. The Bertz CT molecular complexity index is 799. The third-order valence-electron chi connectivity index (χ3n) is 3.90. The van der Waals surface area contributed by atoms with Gasteiger partial charge in [-0.2, -0.15) is 5.10 Å². The van der Waals surface area contributed by atoms with E-state index in [-0.39, 0.29) is 5.91 Å². The van der Waals surface area contributed by atoms with E-state index in [1.54, 1.807) is 36.4 Å². The number of benzene rings is 2. The maximum Gasteiger partial charge on any atom is 0.341 e. The molecule has 1 amide bonds. The van der Waals surface area contributed by atoms with Crippen molar-refractivity contribution in [3.8, 4) is 5.75 Å².